The molecule has 1 unspecified atom stereocenters. The molecule has 0 saturated carbocycles. The summed E-state index contributed by atoms with van der Waals surface area (Å²) in [6.07, 6.45) is -3.16. The van der Waals surface area contributed by atoms with E-state index in [1.54, 1.807) is 13.1 Å². The van der Waals surface area contributed by atoms with Crippen LogP contribution in [0.2, 0.25) is 0 Å². The number of alkyl halides is 3. The van der Waals surface area contributed by atoms with Gasteiger partial charge < -0.3 is 5.32 Å². The second-order valence-electron chi connectivity index (χ2n) is 4.44. The van der Waals surface area contributed by atoms with Crippen LogP contribution in [-0.4, -0.2) is 20.7 Å². The van der Waals surface area contributed by atoms with Gasteiger partial charge in [-0.15, -0.1) is 11.3 Å². The number of nitrogens with one attached hydrogen (secondary N) is 1. The van der Waals surface area contributed by atoms with Gasteiger partial charge in [0, 0.05) is 17.1 Å². The molecule has 2 aromatic rings. The number of amides is 1. The molecule has 0 fully saturated rings. The van der Waals surface area contributed by atoms with E-state index in [-0.39, 0.29) is 0 Å². The molecule has 2 rings (SSSR count). The molecule has 0 aromatic carbocycles. The number of rotatable bonds is 3. The number of carbonyl (C=O) groups excluding carboxylic acids is 1. The second-order valence-corrected chi connectivity index (χ2v) is 5.68. The van der Waals surface area contributed by atoms with Gasteiger partial charge in [-0.05, 0) is 19.9 Å². The monoisotopic (exact) mass is 332 g/mol. The standard InChI is InChI=1S/C12H11F3N4O2S/c1-6-5-16-11(22-6)17-10(21)7(2)19-9(20)4-3-8(18-19)12(13,14)15/h3-5,7H,1-2H3,(H,16,17,21). The predicted octanol–water partition coefficient (Wildman–Crippen LogP) is 2.23. The third kappa shape index (κ3) is 3.50. The van der Waals surface area contributed by atoms with E-state index < -0.39 is 29.4 Å². The van der Waals surface area contributed by atoms with Crippen LogP contribution in [0.25, 0.3) is 0 Å². The van der Waals surface area contributed by atoms with E-state index in [1.807, 2.05) is 0 Å². The molecule has 0 spiro atoms. The first-order valence-electron chi connectivity index (χ1n) is 6.09. The van der Waals surface area contributed by atoms with Gasteiger partial charge in [0.15, 0.2) is 10.8 Å². The SMILES string of the molecule is Cc1cnc(NC(=O)C(C)n2nc(C(F)(F)F)ccc2=O)s1. The van der Waals surface area contributed by atoms with Gasteiger partial charge in [-0.2, -0.15) is 18.3 Å². The third-order valence-electron chi connectivity index (χ3n) is 2.71. The van der Waals surface area contributed by atoms with Gasteiger partial charge in [-0.3, -0.25) is 9.59 Å². The van der Waals surface area contributed by atoms with Crippen molar-refractivity contribution in [3.8, 4) is 0 Å². The third-order valence-corrected chi connectivity index (χ3v) is 3.54. The summed E-state index contributed by atoms with van der Waals surface area (Å²) in [7, 11) is 0. The van der Waals surface area contributed by atoms with E-state index in [4.69, 9.17) is 0 Å². The molecule has 1 atom stereocenters. The first-order valence-corrected chi connectivity index (χ1v) is 6.90. The molecule has 10 heteroatoms. The van der Waals surface area contributed by atoms with Gasteiger partial charge in [-0.1, -0.05) is 0 Å². The molecule has 2 aromatic heterocycles. The Morgan fingerprint density at radius 3 is 2.64 bits per heavy atom. The lowest BCUT2D eigenvalue weighted by atomic mass is 10.3. The van der Waals surface area contributed by atoms with E-state index in [9.17, 15) is 22.8 Å². The number of halogens is 3. The molecule has 6 nitrogen and oxygen atoms in total. The maximum Gasteiger partial charge on any atom is 0.435 e. The molecule has 0 aliphatic carbocycles. The summed E-state index contributed by atoms with van der Waals surface area (Å²) in [6.45, 7) is 3.07. The Kier molecular flexibility index (Phi) is 4.31. The molecule has 0 bridgehead atoms. The highest BCUT2D eigenvalue weighted by atomic mass is 32.1. The normalized spacial score (nSPS) is 13.0. The number of carbonyl (C=O) groups is 1. The van der Waals surface area contributed by atoms with Crippen molar-refractivity contribution < 1.29 is 18.0 Å². The lowest BCUT2D eigenvalue weighted by molar-refractivity contribution is -0.142. The Labute approximate surface area is 126 Å². The molecule has 0 radical (unpaired) electrons. The molecule has 22 heavy (non-hydrogen) atoms. The van der Waals surface area contributed by atoms with E-state index in [0.717, 1.165) is 10.9 Å². The average Bonchev–Trinajstić information content (AvgIpc) is 2.82. The smallest absolute Gasteiger partial charge is 0.300 e. The van der Waals surface area contributed by atoms with Gasteiger partial charge in [0.25, 0.3) is 11.5 Å². The maximum atomic E-state index is 12.6. The van der Waals surface area contributed by atoms with Crippen LogP contribution in [0.3, 0.4) is 0 Å². The second kappa shape index (κ2) is 5.87. The lowest BCUT2D eigenvalue weighted by Gasteiger charge is -2.14. The molecule has 0 saturated heterocycles. The fraction of sp³-hybridized carbons (Fsp3) is 0.333. The summed E-state index contributed by atoms with van der Waals surface area (Å²) in [6, 6.07) is 0.0971. The average molecular weight is 332 g/mol. The molecular formula is C12H11F3N4O2S. The van der Waals surface area contributed by atoms with Crippen molar-refractivity contribution in [2.45, 2.75) is 26.1 Å². The number of nitrogens with zero attached hydrogens (tertiary/aromatic N) is 3. The number of hydrogen-bond donors (Lipinski definition) is 1. The van der Waals surface area contributed by atoms with Crippen LogP contribution in [0, 0.1) is 6.92 Å². The van der Waals surface area contributed by atoms with Crippen molar-refractivity contribution in [2.24, 2.45) is 0 Å². The summed E-state index contributed by atoms with van der Waals surface area (Å²) in [4.78, 5) is 28.4. The van der Waals surface area contributed by atoms with Crippen LogP contribution in [0.4, 0.5) is 18.3 Å². The number of hydrogen-bond acceptors (Lipinski definition) is 5. The van der Waals surface area contributed by atoms with E-state index in [1.165, 1.54) is 18.3 Å². The van der Waals surface area contributed by atoms with Crippen molar-refractivity contribution in [3.63, 3.8) is 0 Å². The number of anilines is 1. The van der Waals surface area contributed by atoms with Crippen LogP contribution in [0.5, 0.6) is 0 Å². The van der Waals surface area contributed by atoms with Crippen LogP contribution < -0.4 is 10.9 Å². The van der Waals surface area contributed by atoms with E-state index in [0.29, 0.717) is 15.9 Å². The van der Waals surface area contributed by atoms with E-state index in [2.05, 4.69) is 15.4 Å². The largest absolute Gasteiger partial charge is 0.435 e. The summed E-state index contributed by atoms with van der Waals surface area (Å²) < 4.78 is 38.4. The Morgan fingerprint density at radius 2 is 2.09 bits per heavy atom. The highest BCUT2D eigenvalue weighted by Gasteiger charge is 2.34. The zero-order valence-electron chi connectivity index (χ0n) is 11.5. The Morgan fingerprint density at radius 1 is 1.41 bits per heavy atom. The maximum absolute atomic E-state index is 12.6. The van der Waals surface area contributed by atoms with Gasteiger partial charge in [0.05, 0.1) is 0 Å². The molecular weight excluding hydrogens is 321 g/mol. The quantitative estimate of drug-likeness (QED) is 0.935. The molecule has 0 aliphatic heterocycles. The summed E-state index contributed by atoms with van der Waals surface area (Å²) >= 11 is 1.21. The minimum absolute atomic E-state index is 0.300. The van der Waals surface area contributed by atoms with Crippen LogP contribution in [0.15, 0.2) is 23.1 Å². The number of aryl methyl sites for hydroxylation is 1. The zero-order valence-corrected chi connectivity index (χ0v) is 12.3. The topological polar surface area (TPSA) is 76.9 Å². The fourth-order valence-corrected chi connectivity index (χ4v) is 2.25. The molecule has 1 amide bonds. The highest BCUT2D eigenvalue weighted by Crippen LogP contribution is 2.26. The molecule has 1 N–H and O–H groups in total. The Bertz CT molecular complexity index is 753. The number of aromatic nitrogens is 3. The molecule has 0 aliphatic rings. The molecule has 2 heterocycles. The minimum Gasteiger partial charge on any atom is -0.300 e. The number of thiazole rings is 1. The van der Waals surface area contributed by atoms with Crippen molar-refractivity contribution in [1.82, 2.24) is 14.8 Å². The predicted molar refractivity (Wildman–Crippen MR) is 73.7 cm³/mol. The first-order chi connectivity index (χ1) is 10.2. The summed E-state index contributed by atoms with van der Waals surface area (Å²) in [5, 5.41) is 5.95. The fourth-order valence-electron chi connectivity index (χ4n) is 1.59. The van der Waals surface area contributed by atoms with Crippen LogP contribution in [-0.2, 0) is 11.0 Å². The summed E-state index contributed by atoms with van der Waals surface area (Å²) in [5.74, 6) is -0.678. The van der Waals surface area contributed by atoms with Gasteiger partial charge in [-0.25, -0.2) is 9.67 Å². The minimum atomic E-state index is -4.70. The zero-order chi connectivity index (χ0) is 16.5. The Hall–Kier alpha value is -2.23. The van der Waals surface area contributed by atoms with Crippen molar-refractivity contribution >= 4 is 22.4 Å². The Balaban J connectivity index is 2.26. The summed E-state index contributed by atoms with van der Waals surface area (Å²) in [5.41, 5.74) is -2.04. The van der Waals surface area contributed by atoms with Gasteiger partial charge >= 0.3 is 6.18 Å². The van der Waals surface area contributed by atoms with Crippen molar-refractivity contribution in [2.75, 3.05) is 5.32 Å². The van der Waals surface area contributed by atoms with E-state index >= 15 is 0 Å². The van der Waals surface area contributed by atoms with Crippen molar-refractivity contribution in [1.29, 1.82) is 0 Å². The highest BCUT2D eigenvalue weighted by molar-refractivity contribution is 7.15. The van der Waals surface area contributed by atoms with Crippen LogP contribution in [0.1, 0.15) is 23.5 Å². The van der Waals surface area contributed by atoms with Gasteiger partial charge in [0.2, 0.25) is 0 Å². The van der Waals surface area contributed by atoms with Crippen LogP contribution >= 0.6 is 11.3 Å². The first kappa shape index (κ1) is 16.1. The van der Waals surface area contributed by atoms with Crippen molar-refractivity contribution in [3.05, 3.63) is 39.3 Å². The molecule has 118 valence electrons. The lowest BCUT2D eigenvalue weighted by Crippen LogP contribution is -2.34. The van der Waals surface area contributed by atoms with Gasteiger partial charge in [0.1, 0.15) is 6.04 Å².